The third-order valence-electron chi connectivity index (χ3n) is 2.74. The molecule has 0 aromatic carbocycles. The molecule has 0 saturated carbocycles. The Morgan fingerprint density at radius 3 is 2.58 bits per heavy atom. The van der Waals surface area contributed by atoms with Crippen molar-refractivity contribution in [3.05, 3.63) is 60.7 Å². The summed E-state index contributed by atoms with van der Waals surface area (Å²) in [5, 5.41) is 3.94. The molecule has 6 heteroatoms. The van der Waals surface area contributed by atoms with E-state index in [-0.39, 0.29) is 11.7 Å². The molecule has 0 aliphatic rings. The minimum atomic E-state index is -0.318. The van der Waals surface area contributed by atoms with Gasteiger partial charge in [0.2, 0.25) is 0 Å². The van der Waals surface area contributed by atoms with Crippen LogP contribution >= 0.6 is 0 Å². The fourth-order valence-electron chi connectivity index (χ4n) is 1.84. The van der Waals surface area contributed by atoms with Gasteiger partial charge in [-0.1, -0.05) is 12.2 Å². The van der Waals surface area contributed by atoms with E-state index in [0.717, 1.165) is 0 Å². The second-order valence-corrected chi connectivity index (χ2v) is 4.02. The SMILES string of the molecule is C=CCC(CC=C)n1ccc(-n2cncn2)nc1=O. The van der Waals surface area contributed by atoms with Gasteiger partial charge in [-0.3, -0.25) is 4.57 Å². The topological polar surface area (TPSA) is 65.6 Å². The average molecular weight is 257 g/mol. The van der Waals surface area contributed by atoms with Crippen LogP contribution in [-0.4, -0.2) is 24.3 Å². The molecule has 2 heterocycles. The molecular weight excluding hydrogens is 242 g/mol. The van der Waals surface area contributed by atoms with Gasteiger partial charge in [0.05, 0.1) is 0 Å². The van der Waals surface area contributed by atoms with Gasteiger partial charge in [-0.05, 0) is 18.9 Å². The number of rotatable bonds is 6. The molecule has 0 saturated heterocycles. The number of hydrogen-bond acceptors (Lipinski definition) is 4. The van der Waals surface area contributed by atoms with Crippen LogP contribution in [0.1, 0.15) is 18.9 Å². The normalized spacial score (nSPS) is 10.6. The zero-order chi connectivity index (χ0) is 13.7. The van der Waals surface area contributed by atoms with E-state index in [1.807, 2.05) is 0 Å². The molecule has 0 unspecified atom stereocenters. The van der Waals surface area contributed by atoms with Crippen LogP contribution in [0.15, 0.2) is 55.0 Å². The van der Waals surface area contributed by atoms with E-state index in [9.17, 15) is 4.79 Å². The second-order valence-electron chi connectivity index (χ2n) is 4.02. The van der Waals surface area contributed by atoms with Crippen molar-refractivity contribution in [1.82, 2.24) is 24.3 Å². The minimum Gasteiger partial charge on any atom is -0.295 e. The summed E-state index contributed by atoms with van der Waals surface area (Å²) >= 11 is 0. The fraction of sp³-hybridized carbons (Fsp3) is 0.231. The predicted octanol–water partition coefficient (Wildman–Crippen LogP) is 1.52. The maximum absolute atomic E-state index is 12.0. The molecular formula is C13H15N5O. The van der Waals surface area contributed by atoms with E-state index in [1.54, 1.807) is 29.0 Å². The largest absolute Gasteiger partial charge is 0.349 e. The van der Waals surface area contributed by atoms with Crippen LogP contribution in [0.3, 0.4) is 0 Å². The van der Waals surface area contributed by atoms with Gasteiger partial charge in [0.25, 0.3) is 0 Å². The lowest BCUT2D eigenvalue weighted by Gasteiger charge is -2.16. The lowest BCUT2D eigenvalue weighted by Crippen LogP contribution is -2.27. The first kappa shape index (κ1) is 12.9. The summed E-state index contributed by atoms with van der Waals surface area (Å²) in [7, 11) is 0. The van der Waals surface area contributed by atoms with Gasteiger partial charge in [0, 0.05) is 12.2 Å². The van der Waals surface area contributed by atoms with Crippen LogP contribution in [0, 0.1) is 0 Å². The Bertz CT molecular complexity index is 604. The van der Waals surface area contributed by atoms with Crippen molar-refractivity contribution in [2.24, 2.45) is 0 Å². The number of aromatic nitrogens is 5. The smallest absolute Gasteiger partial charge is 0.295 e. The quantitative estimate of drug-likeness (QED) is 0.736. The summed E-state index contributed by atoms with van der Waals surface area (Å²) < 4.78 is 3.03. The Morgan fingerprint density at radius 2 is 2.05 bits per heavy atom. The fourth-order valence-corrected chi connectivity index (χ4v) is 1.84. The highest BCUT2D eigenvalue weighted by molar-refractivity contribution is 5.16. The molecule has 0 spiro atoms. The first-order valence-electron chi connectivity index (χ1n) is 5.92. The van der Waals surface area contributed by atoms with E-state index in [4.69, 9.17) is 0 Å². The van der Waals surface area contributed by atoms with Gasteiger partial charge >= 0.3 is 5.69 Å². The van der Waals surface area contributed by atoms with Crippen molar-refractivity contribution in [2.45, 2.75) is 18.9 Å². The van der Waals surface area contributed by atoms with Crippen molar-refractivity contribution in [2.75, 3.05) is 0 Å². The molecule has 0 atom stereocenters. The molecule has 0 aliphatic heterocycles. The van der Waals surface area contributed by atoms with Gasteiger partial charge in [-0.15, -0.1) is 13.2 Å². The third kappa shape index (κ3) is 2.85. The van der Waals surface area contributed by atoms with Crippen LogP contribution in [0.25, 0.3) is 5.82 Å². The van der Waals surface area contributed by atoms with Crippen LogP contribution in [0.4, 0.5) is 0 Å². The highest BCUT2D eigenvalue weighted by atomic mass is 16.1. The highest BCUT2D eigenvalue weighted by Gasteiger charge is 2.11. The van der Waals surface area contributed by atoms with Crippen molar-refractivity contribution < 1.29 is 0 Å². The molecule has 0 bridgehead atoms. The molecule has 2 aromatic heterocycles. The van der Waals surface area contributed by atoms with E-state index in [1.165, 1.54) is 17.3 Å². The monoisotopic (exact) mass is 257 g/mol. The predicted molar refractivity (Wildman–Crippen MR) is 72.1 cm³/mol. The van der Waals surface area contributed by atoms with Crippen LogP contribution in [0.5, 0.6) is 0 Å². The van der Waals surface area contributed by atoms with Gasteiger partial charge < -0.3 is 0 Å². The number of allylic oxidation sites excluding steroid dienone is 2. The number of hydrogen-bond donors (Lipinski definition) is 0. The third-order valence-corrected chi connectivity index (χ3v) is 2.74. The summed E-state index contributed by atoms with van der Waals surface area (Å²) in [5.74, 6) is 0.453. The Labute approximate surface area is 110 Å². The maximum Gasteiger partial charge on any atom is 0.349 e. The maximum atomic E-state index is 12.0. The van der Waals surface area contributed by atoms with Gasteiger partial charge in [0.15, 0.2) is 5.82 Å². The van der Waals surface area contributed by atoms with E-state index >= 15 is 0 Å². The standard InChI is InChI=1S/C13H15N5O/c1-3-5-11(6-4-2)17-8-7-12(16-13(17)19)18-10-14-9-15-18/h3-4,7-11H,1-2,5-6H2. The Balaban J connectivity index is 2.35. The molecule has 0 fully saturated rings. The van der Waals surface area contributed by atoms with Crippen LogP contribution in [-0.2, 0) is 0 Å². The van der Waals surface area contributed by atoms with Crippen LogP contribution in [0.2, 0.25) is 0 Å². The van der Waals surface area contributed by atoms with E-state index < -0.39 is 0 Å². The molecule has 0 radical (unpaired) electrons. The molecule has 0 N–H and O–H groups in total. The van der Waals surface area contributed by atoms with Crippen molar-refractivity contribution in [3.8, 4) is 5.82 Å². The molecule has 0 aliphatic carbocycles. The lowest BCUT2D eigenvalue weighted by molar-refractivity contribution is 0.486. The van der Waals surface area contributed by atoms with Gasteiger partial charge in [-0.25, -0.2) is 14.5 Å². The number of nitrogens with zero attached hydrogens (tertiary/aromatic N) is 5. The Morgan fingerprint density at radius 1 is 1.32 bits per heavy atom. The molecule has 19 heavy (non-hydrogen) atoms. The average Bonchev–Trinajstić information content (AvgIpc) is 2.92. The summed E-state index contributed by atoms with van der Waals surface area (Å²) in [6.45, 7) is 7.41. The molecule has 6 nitrogen and oxygen atoms in total. The first-order valence-corrected chi connectivity index (χ1v) is 5.92. The zero-order valence-electron chi connectivity index (χ0n) is 10.5. The molecule has 0 amide bonds. The summed E-state index contributed by atoms with van der Waals surface area (Å²) in [5.41, 5.74) is -0.318. The van der Waals surface area contributed by atoms with Crippen molar-refractivity contribution in [3.63, 3.8) is 0 Å². The van der Waals surface area contributed by atoms with Crippen molar-refractivity contribution >= 4 is 0 Å². The minimum absolute atomic E-state index is 0.000188. The molecule has 2 aromatic rings. The van der Waals surface area contributed by atoms with Gasteiger partial charge in [-0.2, -0.15) is 10.1 Å². The zero-order valence-corrected chi connectivity index (χ0v) is 10.5. The van der Waals surface area contributed by atoms with E-state index in [0.29, 0.717) is 18.7 Å². The molecule has 2 rings (SSSR count). The van der Waals surface area contributed by atoms with E-state index in [2.05, 4.69) is 28.2 Å². The van der Waals surface area contributed by atoms with Crippen LogP contribution < -0.4 is 5.69 Å². The summed E-state index contributed by atoms with van der Waals surface area (Å²) in [6.07, 6.45) is 9.55. The molecule has 98 valence electrons. The van der Waals surface area contributed by atoms with Gasteiger partial charge in [0.1, 0.15) is 12.7 Å². The highest BCUT2D eigenvalue weighted by Crippen LogP contribution is 2.14. The first-order chi connectivity index (χ1) is 9.26. The Hall–Kier alpha value is -2.50. The Kier molecular flexibility index (Phi) is 4.02. The van der Waals surface area contributed by atoms with Crippen molar-refractivity contribution in [1.29, 1.82) is 0 Å². The lowest BCUT2D eigenvalue weighted by atomic mass is 10.1. The summed E-state index contributed by atoms with van der Waals surface area (Å²) in [4.78, 5) is 19.9. The summed E-state index contributed by atoms with van der Waals surface area (Å²) in [6, 6.07) is 1.73. The second kappa shape index (κ2) is 5.90.